The summed E-state index contributed by atoms with van der Waals surface area (Å²) >= 11 is 0. The van der Waals surface area contributed by atoms with Crippen LogP contribution in [0.2, 0.25) is 0 Å². The number of amides is 1. The average Bonchev–Trinajstić information content (AvgIpc) is 3.67. The lowest BCUT2D eigenvalue weighted by atomic mass is 9.94. The number of aliphatic hydroxyl groups is 1. The maximum absolute atomic E-state index is 13.3. The van der Waals surface area contributed by atoms with E-state index in [0.29, 0.717) is 30.3 Å². The van der Waals surface area contributed by atoms with Gasteiger partial charge < -0.3 is 28.6 Å². The van der Waals surface area contributed by atoms with Crippen molar-refractivity contribution >= 4 is 11.7 Å². The molecule has 2 aromatic carbocycles. The third-order valence-corrected chi connectivity index (χ3v) is 6.46. The van der Waals surface area contributed by atoms with E-state index in [-0.39, 0.29) is 24.0 Å². The van der Waals surface area contributed by atoms with Crippen LogP contribution in [0.25, 0.3) is 0 Å². The molecule has 1 aromatic heterocycles. The number of benzene rings is 2. The number of ether oxygens (including phenoxy) is 3. The normalized spacial score (nSPS) is 19.7. The van der Waals surface area contributed by atoms with Crippen molar-refractivity contribution in [2.24, 2.45) is 0 Å². The number of methoxy groups -OCH3 is 1. The minimum Gasteiger partial charge on any atom is -0.503 e. The minimum atomic E-state index is -0.837. The summed E-state index contributed by atoms with van der Waals surface area (Å²) in [6.45, 7) is 1.22. The van der Waals surface area contributed by atoms with Gasteiger partial charge in [0, 0.05) is 13.2 Å². The number of rotatable bonds is 9. The summed E-state index contributed by atoms with van der Waals surface area (Å²) < 4.78 is 22.6. The van der Waals surface area contributed by atoms with Gasteiger partial charge in [0.15, 0.2) is 23.0 Å². The molecule has 2 atom stereocenters. The van der Waals surface area contributed by atoms with Gasteiger partial charge in [0.1, 0.15) is 6.61 Å². The van der Waals surface area contributed by atoms with Crippen molar-refractivity contribution < 1.29 is 33.3 Å². The molecule has 36 heavy (non-hydrogen) atoms. The number of hydrogen-bond donors (Lipinski definition) is 1. The number of aliphatic hydroxyl groups excluding tert-OH is 1. The number of Topliss-reactive ketones (excluding diaryl/α,β-unsaturated/α-hetero) is 1. The van der Waals surface area contributed by atoms with E-state index in [1.165, 1.54) is 24.3 Å². The van der Waals surface area contributed by atoms with Crippen LogP contribution in [0, 0.1) is 0 Å². The molecule has 1 saturated heterocycles. The highest BCUT2D eigenvalue weighted by Crippen LogP contribution is 2.42. The highest BCUT2D eigenvalue weighted by atomic mass is 16.5. The Bertz CT molecular complexity index is 1260. The van der Waals surface area contributed by atoms with Crippen LogP contribution in [0.5, 0.6) is 11.5 Å². The largest absolute Gasteiger partial charge is 0.503 e. The molecule has 5 rings (SSSR count). The Morgan fingerprint density at radius 1 is 1.11 bits per heavy atom. The Morgan fingerprint density at radius 3 is 2.64 bits per heavy atom. The Labute approximate surface area is 208 Å². The van der Waals surface area contributed by atoms with Gasteiger partial charge in [0.05, 0.1) is 31.1 Å². The standard InChI is InChI=1S/C28H27NO7/c1-33-23-15-19(11-12-21(23)36-17-18-7-3-2-4-8-18)25-24(26(30)22-10-6-14-35-22)27(31)28(32)29(25)16-20-9-5-13-34-20/h2-4,6-8,10-12,14-15,20,25,31H,5,9,13,16-17H2,1H3. The van der Waals surface area contributed by atoms with Crippen LogP contribution >= 0.6 is 0 Å². The smallest absolute Gasteiger partial charge is 0.290 e. The molecule has 3 heterocycles. The summed E-state index contributed by atoms with van der Waals surface area (Å²) in [5.74, 6) is -0.731. The fraction of sp³-hybridized carbons (Fsp3) is 0.286. The minimum absolute atomic E-state index is 0.0343. The first-order chi connectivity index (χ1) is 17.6. The zero-order valence-corrected chi connectivity index (χ0v) is 19.9. The molecule has 0 radical (unpaired) electrons. The lowest BCUT2D eigenvalue weighted by Crippen LogP contribution is -2.37. The van der Waals surface area contributed by atoms with E-state index in [1.807, 2.05) is 30.3 Å². The number of nitrogens with zero attached hydrogens (tertiary/aromatic N) is 1. The van der Waals surface area contributed by atoms with Gasteiger partial charge in [-0.1, -0.05) is 36.4 Å². The van der Waals surface area contributed by atoms with Crippen LogP contribution in [0.1, 0.15) is 40.6 Å². The van der Waals surface area contributed by atoms with Crippen molar-refractivity contribution in [3.8, 4) is 11.5 Å². The van der Waals surface area contributed by atoms with Gasteiger partial charge in [-0.3, -0.25) is 9.59 Å². The van der Waals surface area contributed by atoms with E-state index in [0.717, 1.165) is 18.4 Å². The SMILES string of the molecule is COc1cc(C2C(C(=O)c3ccco3)=C(O)C(=O)N2CC2CCCO2)ccc1OCc1ccccc1. The van der Waals surface area contributed by atoms with E-state index in [1.54, 1.807) is 24.3 Å². The Hall–Kier alpha value is -4.04. The summed E-state index contributed by atoms with van der Waals surface area (Å²) in [5, 5.41) is 10.8. The van der Waals surface area contributed by atoms with Crippen molar-refractivity contribution in [3.05, 3.63) is 95.1 Å². The molecule has 1 fully saturated rings. The number of ketones is 1. The van der Waals surface area contributed by atoms with E-state index in [4.69, 9.17) is 18.6 Å². The summed E-state index contributed by atoms with van der Waals surface area (Å²) in [7, 11) is 1.53. The fourth-order valence-corrected chi connectivity index (χ4v) is 4.68. The lowest BCUT2D eigenvalue weighted by Gasteiger charge is -2.29. The summed E-state index contributed by atoms with van der Waals surface area (Å²) in [6, 6.07) is 17.3. The fourth-order valence-electron chi connectivity index (χ4n) is 4.68. The highest BCUT2D eigenvalue weighted by molar-refractivity contribution is 6.15. The molecule has 1 amide bonds. The Kier molecular flexibility index (Phi) is 6.77. The molecule has 186 valence electrons. The molecule has 0 saturated carbocycles. The molecule has 0 bridgehead atoms. The van der Waals surface area contributed by atoms with E-state index in [9.17, 15) is 14.7 Å². The molecule has 3 aromatic rings. The lowest BCUT2D eigenvalue weighted by molar-refractivity contribution is -0.131. The van der Waals surface area contributed by atoms with Crippen LogP contribution < -0.4 is 9.47 Å². The molecule has 2 aliphatic heterocycles. The topological polar surface area (TPSA) is 98.4 Å². The van der Waals surface area contributed by atoms with Gasteiger partial charge in [-0.05, 0) is 48.2 Å². The Balaban J connectivity index is 1.49. The second kappa shape index (κ2) is 10.3. The van der Waals surface area contributed by atoms with Gasteiger partial charge in [-0.15, -0.1) is 0 Å². The molecule has 0 aliphatic carbocycles. The van der Waals surface area contributed by atoms with Crippen molar-refractivity contribution in [1.29, 1.82) is 0 Å². The molecule has 8 heteroatoms. The highest BCUT2D eigenvalue weighted by Gasteiger charge is 2.45. The van der Waals surface area contributed by atoms with Crippen molar-refractivity contribution in [3.63, 3.8) is 0 Å². The maximum atomic E-state index is 13.3. The van der Waals surface area contributed by atoms with Gasteiger partial charge in [-0.2, -0.15) is 0 Å². The predicted octanol–water partition coefficient (Wildman–Crippen LogP) is 4.62. The molecular formula is C28H27NO7. The summed E-state index contributed by atoms with van der Waals surface area (Å²) in [6.07, 6.45) is 2.91. The molecular weight excluding hydrogens is 462 g/mol. The molecule has 0 spiro atoms. The van der Waals surface area contributed by atoms with Crippen molar-refractivity contribution in [1.82, 2.24) is 4.90 Å². The second-order valence-corrected chi connectivity index (χ2v) is 8.75. The quantitative estimate of drug-likeness (QED) is 0.438. The summed E-state index contributed by atoms with van der Waals surface area (Å²) in [4.78, 5) is 28.0. The van der Waals surface area contributed by atoms with E-state index in [2.05, 4.69) is 0 Å². The first-order valence-corrected chi connectivity index (χ1v) is 11.9. The molecule has 2 unspecified atom stereocenters. The zero-order chi connectivity index (χ0) is 25.1. The van der Waals surface area contributed by atoms with Crippen LogP contribution in [0.15, 0.2) is 82.7 Å². The van der Waals surface area contributed by atoms with Gasteiger partial charge in [0.2, 0.25) is 5.78 Å². The second-order valence-electron chi connectivity index (χ2n) is 8.75. The molecule has 2 aliphatic rings. The Morgan fingerprint density at radius 2 is 1.94 bits per heavy atom. The monoisotopic (exact) mass is 489 g/mol. The number of carbonyl (C=O) groups is 2. The van der Waals surface area contributed by atoms with Crippen molar-refractivity contribution in [2.45, 2.75) is 31.6 Å². The number of carbonyl (C=O) groups excluding carboxylic acids is 2. The third-order valence-electron chi connectivity index (χ3n) is 6.46. The third kappa shape index (κ3) is 4.59. The molecule has 1 N–H and O–H groups in total. The van der Waals surface area contributed by atoms with Crippen LogP contribution in [-0.2, 0) is 16.1 Å². The predicted molar refractivity (Wildman–Crippen MR) is 130 cm³/mol. The molecule has 8 nitrogen and oxygen atoms in total. The number of hydrogen-bond acceptors (Lipinski definition) is 7. The van der Waals surface area contributed by atoms with Gasteiger partial charge in [-0.25, -0.2) is 0 Å². The van der Waals surface area contributed by atoms with Crippen LogP contribution in [-0.4, -0.2) is 48.1 Å². The van der Waals surface area contributed by atoms with E-state index < -0.39 is 23.5 Å². The van der Waals surface area contributed by atoms with Gasteiger partial charge >= 0.3 is 0 Å². The van der Waals surface area contributed by atoms with E-state index >= 15 is 0 Å². The maximum Gasteiger partial charge on any atom is 0.290 e. The summed E-state index contributed by atoms with van der Waals surface area (Å²) in [5.41, 5.74) is 1.57. The van der Waals surface area contributed by atoms with Crippen LogP contribution in [0.4, 0.5) is 0 Å². The average molecular weight is 490 g/mol. The first-order valence-electron chi connectivity index (χ1n) is 11.9. The zero-order valence-electron chi connectivity index (χ0n) is 19.9. The first kappa shape index (κ1) is 23.7. The number of furan rings is 1. The van der Waals surface area contributed by atoms with Crippen LogP contribution in [0.3, 0.4) is 0 Å². The van der Waals surface area contributed by atoms with Gasteiger partial charge in [0.25, 0.3) is 5.91 Å². The van der Waals surface area contributed by atoms with Crippen molar-refractivity contribution in [2.75, 3.05) is 20.3 Å².